The molecule has 0 radical (unpaired) electrons. The highest BCUT2D eigenvalue weighted by Gasteiger charge is 2.36. The van der Waals surface area contributed by atoms with Crippen molar-refractivity contribution in [1.29, 1.82) is 0 Å². The van der Waals surface area contributed by atoms with Crippen LogP contribution in [0.4, 0.5) is 16.2 Å². The first-order valence-electron chi connectivity index (χ1n) is 11.6. The van der Waals surface area contributed by atoms with Crippen molar-refractivity contribution >= 4 is 34.8 Å². The van der Waals surface area contributed by atoms with Gasteiger partial charge in [-0.15, -0.1) is 0 Å². The molecular weight excluding hydrogens is 458 g/mol. The number of hydrogen-bond donors (Lipinski definition) is 4. The van der Waals surface area contributed by atoms with E-state index in [0.29, 0.717) is 34.9 Å². The molecule has 0 saturated heterocycles. The number of nitrogens with two attached hydrogens (primary N) is 1. The number of carbonyl (C=O) groups excluding carboxylic acids is 3. The molecule has 1 unspecified atom stereocenters. The SMILES string of the molecule is CC(C)(C)C(=O)CN1C(=O)C(NC(=O)Nc2cccc(CN)c2)N=C(c2ccn[nH]2)c2ccccc21. The van der Waals surface area contributed by atoms with Crippen LogP contribution in [-0.4, -0.2) is 46.3 Å². The number of H-pyrrole nitrogens is 1. The van der Waals surface area contributed by atoms with Crippen LogP contribution >= 0.6 is 0 Å². The van der Waals surface area contributed by atoms with Crippen molar-refractivity contribution in [2.24, 2.45) is 16.1 Å². The molecule has 0 aliphatic carbocycles. The molecule has 1 aromatic heterocycles. The Morgan fingerprint density at radius 1 is 1.11 bits per heavy atom. The number of rotatable bonds is 6. The van der Waals surface area contributed by atoms with Crippen molar-refractivity contribution in [3.05, 3.63) is 77.6 Å². The highest BCUT2D eigenvalue weighted by Crippen LogP contribution is 2.29. The number of ketones is 1. The molecule has 10 heteroatoms. The first-order chi connectivity index (χ1) is 17.2. The predicted octanol–water partition coefficient (Wildman–Crippen LogP) is 2.82. The molecule has 3 amide bonds. The van der Waals surface area contributed by atoms with E-state index in [1.54, 1.807) is 63.4 Å². The molecule has 0 spiro atoms. The van der Waals surface area contributed by atoms with Gasteiger partial charge in [-0.05, 0) is 29.8 Å². The highest BCUT2D eigenvalue weighted by atomic mass is 16.2. The third-order valence-electron chi connectivity index (χ3n) is 5.79. The summed E-state index contributed by atoms with van der Waals surface area (Å²) in [7, 11) is 0. The fourth-order valence-electron chi connectivity index (χ4n) is 3.74. The molecule has 3 aromatic rings. The van der Waals surface area contributed by atoms with Crippen LogP contribution in [0.2, 0.25) is 0 Å². The van der Waals surface area contributed by atoms with Gasteiger partial charge in [0.15, 0.2) is 5.78 Å². The minimum absolute atomic E-state index is 0.127. The van der Waals surface area contributed by atoms with Gasteiger partial charge in [0.2, 0.25) is 6.17 Å². The average Bonchev–Trinajstić information content (AvgIpc) is 3.35. The largest absolute Gasteiger partial charge is 0.326 e. The third-order valence-corrected chi connectivity index (χ3v) is 5.79. The molecule has 5 N–H and O–H groups in total. The van der Waals surface area contributed by atoms with Crippen LogP contribution in [-0.2, 0) is 16.1 Å². The van der Waals surface area contributed by atoms with E-state index in [0.717, 1.165) is 5.56 Å². The standard InChI is InChI=1S/C26H29N7O3/c1-26(2,3)21(34)15-33-20-10-5-4-9-18(20)22(19-11-12-28-32-19)30-23(24(33)35)31-25(36)29-17-8-6-7-16(13-17)14-27/h4-13,23H,14-15,27H2,1-3H3,(H,28,32)(H2,29,31,36). The Balaban J connectivity index is 1.72. The number of nitrogens with one attached hydrogen (secondary N) is 3. The molecule has 36 heavy (non-hydrogen) atoms. The number of anilines is 2. The second-order valence-electron chi connectivity index (χ2n) is 9.47. The lowest BCUT2D eigenvalue weighted by Gasteiger charge is -2.28. The second kappa shape index (κ2) is 10.1. The maximum atomic E-state index is 13.8. The fraction of sp³-hybridized carbons (Fsp3) is 0.269. The van der Waals surface area contributed by atoms with E-state index in [1.807, 2.05) is 18.2 Å². The Morgan fingerprint density at radius 3 is 2.58 bits per heavy atom. The number of aliphatic imine (C=N–C) groups is 1. The van der Waals surface area contributed by atoms with Crippen molar-refractivity contribution in [2.75, 3.05) is 16.8 Å². The van der Waals surface area contributed by atoms with Gasteiger partial charge in [-0.1, -0.05) is 51.1 Å². The number of amides is 3. The lowest BCUT2D eigenvalue weighted by molar-refractivity contribution is -0.127. The van der Waals surface area contributed by atoms with Gasteiger partial charge in [-0.2, -0.15) is 5.10 Å². The summed E-state index contributed by atoms with van der Waals surface area (Å²) in [4.78, 5) is 45.7. The Hall–Kier alpha value is -4.31. The zero-order valence-electron chi connectivity index (χ0n) is 20.4. The van der Waals surface area contributed by atoms with Gasteiger partial charge in [0, 0.05) is 29.4 Å². The normalized spacial score (nSPS) is 15.6. The van der Waals surface area contributed by atoms with Gasteiger partial charge in [0.25, 0.3) is 5.91 Å². The zero-order valence-corrected chi connectivity index (χ0v) is 20.4. The number of benzodiazepines with no additional fused rings is 1. The summed E-state index contributed by atoms with van der Waals surface area (Å²) in [5, 5.41) is 12.3. The molecular formula is C26H29N7O3. The molecule has 0 bridgehead atoms. The lowest BCUT2D eigenvalue weighted by Crippen LogP contribution is -2.50. The predicted molar refractivity (Wildman–Crippen MR) is 138 cm³/mol. The summed E-state index contributed by atoms with van der Waals surface area (Å²) < 4.78 is 0. The third kappa shape index (κ3) is 5.33. The van der Waals surface area contributed by atoms with Crippen LogP contribution in [0.5, 0.6) is 0 Å². The quantitative estimate of drug-likeness (QED) is 0.422. The number of benzene rings is 2. The van der Waals surface area contributed by atoms with E-state index in [1.165, 1.54) is 4.90 Å². The number of hydrogen-bond acceptors (Lipinski definition) is 6. The Bertz CT molecular complexity index is 1310. The number of para-hydroxylation sites is 1. The summed E-state index contributed by atoms with van der Waals surface area (Å²) in [5.74, 6) is -0.655. The van der Waals surface area contributed by atoms with E-state index in [4.69, 9.17) is 5.73 Å². The van der Waals surface area contributed by atoms with Crippen LogP contribution < -0.4 is 21.3 Å². The molecule has 0 fully saturated rings. The number of fused-ring (bicyclic) bond motifs is 1. The van der Waals surface area contributed by atoms with Gasteiger partial charge in [-0.25, -0.2) is 9.79 Å². The van der Waals surface area contributed by atoms with Gasteiger partial charge in [-0.3, -0.25) is 14.7 Å². The van der Waals surface area contributed by atoms with E-state index in [9.17, 15) is 14.4 Å². The second-order valence-corrected chi connectivity index (χ2v) is 9.47. The lowest BCUT2D eigenvalue weighted by atomic mass is 9.90. The van der Waals surface area contributed by atoms with Gasteiger partial charge in [0.05, 0.1) is 23.6 Å². The summed E-state index contributed by atoms with van der Waals surface area (Å²) >= 11 is 0. The number of aromatic nitrogens is 2. The highest BCUT2D eigenvalue weighted by molar-refractivity contribution is 6.20. The number of nitrogens with zero attached hydrogens (tertiary/aromatic N) is 3. The van der Waals surface area contributed by atoms with Crippen LogP contribution in [0.25, 0.3) is 0 Å². The number of urea groups is 1. The maximum Gasteiger partial charge on any atom is 0.321 e. The van der Waals surface area contributed by atoms with Crippen molar-refractivity contribution in [1.82, 2.24) is 15.5 Å². The average molecular weight is 488 g/mol. The van der Waals surface area contributed by atoms with Crippen molar-refractivity contribution in [3.63, 3.8) is 0 Å². The Kier molecular flexibility index (Phi) is 6.98. The minimum Gasteiger partial charge on any atom is -0.326 e. The number of aromatic amines is 1. The van der Waals surface area contributed by atoms with E-state index in [-0.39, 0.29) is 12.3 Å². The minimum atomic E-state index is -1.29. The van der Waals surface area contributed by atoms with Crippen molar-refractivity contribution < 1.29 is 14.4 Å². The Labute approximate surface area is 209 Å². The van der Waals surface area contributed by atoms with Crippen LogP contribution in [0, 0.1) is 5.41 Å². The molecule has 186 valence electrons. The molecule has 1 aliphatic rings. The topological polar surface area (TPSA) is 146 Å². The number of Topliss-reactive ketones (excluding diaryl/α,β-unsaturated/α-hetero) is 1. The summed E-state index contributed by atoms with van der Waals surface area (Å²) in [6, 6.07) is 15.4. The summed E-state index contributed by atoms with van der Waals surface area (Å²) in [5.41, 5.74) is 8.57. The van der Waals surface area contributed by atoms with Crippen molar-refractivity contribution in [3.8, 4) is 0 Å². The molecule has 10 nitrogen and oxygen atoms in total. The first kappa shape index (κ1) is 24.8. The molecule has 4 rings (SSSR count). The van der Waals surface area contributed by atoms with Crippen LogP contribution in [0.1, 0.15) is 37.6 Å². The van der Waals surface area contributed by atoms with E-state index < -0.39 is 23.5 Å². The summed E-state index contributed by atoms with van der Waals surface area (Å²) in [6.07, 6.45) is 0.286. The molecule has 0 saturated carbocycles. The van der Waals surface area contributed by atoms with Gasteiger partial charge >= 0.3 is 6.03 Å². The molecule has 1 atom stereocenters. The maximum absolute atomic E-state index is 13.8. The number of carbonyl (C=O) groups is 3. The zero-order chi connectivity index (χ0) is 25.9. The fourth-order valence-corrected chi connectivity index (χ4v) is 3.74. The first-order valence-corrected chi connectivity index (χ1v) is 11.6. The molecule has 1 aliphatic heterocycles. The smallest absolute Gasteiger partial charge is 0.321 e. The van der Waals surface area contributed by atoms with E-state index >= 15 is 0 Å². The van der Waals surface area contributed by atoms with Gasteiger partial charge in [0.1, 0.15) is 0 Å². The van der Waals surface area contributed by atoms with Crippen LogP contribution in [0.15, 0.2) is 65.8 Å². The monoisotopic (exact) mass is 487 g/mol. The van der Waals surface area contributed by atoms with E-state index in [2.05, 4.69) is 25.8 Å². The Morgan fingerprint density at radius 2 is 1.89 bits per heavy atom. The molecule has 2 aromatic carbocycles. The molecule has 2 heterocycles. The summed E-state index contributed by atoms with van der Waals surface area (Å²) in [6.45, 7) is 5.56. The van der Waals surface area contributed by atoms with Gasteiger partial charge < -0.3 is 21.3 Å². The van der Waals surface area contributed by atoms with Crippen LogP contribution in [0.3, 0.4) is 0 Å². The van der Waals surface area contributed by atoms with Crippen molar-refractivity contribution in [2.45, 2.75) is 33.5 Å².